The largest absolute Gasteiger partial charge is 0.397 e. The van der Waals surface area contributed by atoms with Gasteiger partial charge in [-0.05, 0) is 32.4 Å². The molecule has 0 bridgehead atoms. The van der Waals surface area contributed by atoms with E-state index in [9.17, 15) is 10.4 Å². The third kappa shape index (κ3) is 3.75. The molecule has 1 saturated heterocycles. The highest BCUT2D eigenvalue weighted by atomic mass is 16.3. The lowest BCUT2D eigenvalue weighted by Crippen LogP contribution is -2.33. The highest BCUT2D eigenvalue weighted by Gasteiger charge is 2.34. The van der Waals surface area contributed by atoms with Crippen molar-refractivity contribution in [1.82, 2.24) is 15.4 Å². The fraction of sp³-hybridized carbons (Fsp3) is 0.381. The Balaban J connectivity index is 1.70. The number of aromatic nitrogens is 2. The van der Waals surface area contributed by atoms with Crippen molar-refractivity contribution in [1.29, 1.82) is 5.26 Å². The van der Waals surface area contributed by atoms with E-state index >= 15 is 0 Å². The van der Waals surface area contributed by atoms with Gasteiger partial charge in [-0.25, -0.2) is 15.4 Å². The maximum absolute atomic E-state index is 10.3. The number of aliphatic hydroxyl groups is 1. The Bertz CT molecular complexity index is 989. The number of rotatable bonds is 4. The SMILES string of the molecule is CC(C)(O)C1CCN(c2cccc(-c3nc(N4C=CCN4)cc(N)c3C#N)n2)C1. The number of hydrazine groups is 1. The molecule has 4 rings (SSSR count). The van der Waals surface area contributed by atoms with Crippen LogP contribution in [0.15, 0.2) is 36.5 Å². The second-order valence-corrected chi connectivity index (χ2v) is 7.99. The molecule has 0 radical (unpaired) electrons. The Morgan fingerprint density at radius 2 is 2.14 bits per heavy atom. The summed E-state index contributed by atoms with van der Waals surface area (Å²) in [6.07, 6.45) is 4.76. The number of hydrogen-bond donors (Lipinski definition) is 3. The van der Waals surface area contributed by atoms with Crippen molar-refractivity contribution in [3.63, 3.8) is 0 Å². The molecule has 150 valence electrons. The Hall–Kier alpha value is -3.15. The summed E-state index contributed by atoms with van der Waals surface area (Å²) in [4.78, 5) is 11.6. The van der Waals surface area contributed by atoms with Crippen molar-refractivity contribution in [2.75, 3.05) is 35.3 Å². The molecule has 29 heavy (non-hydrogen) atoms. The van der Waals surface area contributed by atoms with Crippen molar-refractivity contribution in [3.05, 3.63) is 42.1 Å². The van der Waals surface area contributed by atoms with Gasteiger partial charge in [-0.1, -0.05) is 12.1 Å². The minimum atomic E-state index is -0.721. The average Bonchev–Trinajstić information content (AvgIpc) is 3.39. The van der Waals surface area contributed by atoms with Crippen molar-refractivity contribution < 1.29 is 5.11 Å². The van der Waals surface area contributed by atoms with E-state index in [4.69, 9.17) is 10.7 Å². The summed E-state index contributed by atoms with van der Waals surface area (Å²) in [6.45, 7) is 5.98. The molecule has 0 amide bonds. The van der Waals surface area contributed by atoms with Crippen LogP contribution in [-0.4, -0.2) is 40.3 Å². The van der Waals surface area contributed by atoms with Gasteiger partial charge in [0.2, 0.25) is 0 Å². The van der Waals surface area contributed by atoms with Gasteiger partial charge in [-0.3, -0.25) is 5.01 Å². The van der Waals surface area contributed by atoms with Crippen LogP contribution in [0.1, 0.15) is 25.8 Å². The maximum Gasteiger partial charge on any atom is 0.149 e. The van der Waals surface area contributed by atoms with Gasteiger partial charge in [0, 0.05) is 37.8 Å². The molecule has 4 heterocycles. The normalized spacial score (nSPS) is 19.0. The molecular weight excluding hydrogens is 366 g/mol. The van der Waals surface area contributed by atoms with E-state index < -0.39 is 5.60 Å². The van der Waals surface area contributed by atoms with Crippen LogP contribution < -0.4 is 21.1 Å². The second-order valence-electron chi connectivity index (χ2n) is 7.99. The molecule has 2 aromatic heterocycles. The van der Waals surface area contributed by atoms with Crippen molar-refractivity contribution >= 4 is 17.3 Å². The minimum absolute atomic E-state index is 0.188. The lowest BCUT2D eigenvalue weighted by atomic mass is 9.90. The third-order valence-electron chi connectivity index (χ3n) is 5.52. The molecule has 0 spiro atoms. The van der Waals surface area contributed by atoms with E-state index in [1.807, 2.05) is 44.3 Å². The molecule has 8 nitrogen and oxygen atoms in total. The van der Waals surface area contributed by atoms with E-state index in [2.05, 4.69) is 21.4 Å². The molecular formula is C21H25N7O. The Labute approximate surface area is 170 Å². The summed E-state index contributed by atoms with van der Waals surface area (Å²) in [6, 6.07) is 9.54. The molecule has 1 atom stereocenters. The first-order valence-electron chi connectivity index (χ1n) is 9.71. The van der Waals surface area contributed by atoms with Gasteiger partial charge < -0.3 is 15.7 Å². The predicted molar refractivity (Wildman–Crippen MR) is 113 cm³/mol. The molecule has 2 aliphatic heterocycles. The lowest BCUT2D eigenvalue weighted by Gasteiger charge is -2.26. The third-order valence-corrected chi connectivity index (χ3v) is 5.52. The fourth-order valence-electron chi connectivity index (χ4n) is 3.77. The van der Waals surface area contributed by atoms with E-state index in [0.717, 1.165) is 25.3 Å². The molecule has 0 aromatic carbocycles. The van der Waals surface area contributed by atoms with Crippen molar-refractivity contribution in [3.8, 4) is 17.5 Å². The molecule has 8 heteroatoms. The number of anilines is 3. The Morgan fingerprint density at radius 3 is 2.79 bits per heavy atom. The number of nitrogens with one attached hydrogen (secondary N) is 1. The molecule has 2 aromatic rings. The lowest BCUT2D eigenvalue weighted by molar-refractivity contribution is 0.0263. The van der Waals surface area contributed by atoms with Crippen LogP contribution in [0.5, 0.6) is 0 Å². The predicted octanol–water partition coefficient (Wildman–Crippen LogP) is 2.03. The van der Waals surface area contributed by atoms with E-state index in [-0.39, 0.29) is 5.92 Å². The topological polar surface area (TPSA) is 114 Å². The minimum Gasteiger partial charge on any atom is -0.397 e. The standard InChI is InChI=1S/C21H25N7O/c1-21(2,29)14-7-10-27(13-14)18-6-3-5-17(25-18)20-15(12-22)16(23)11-19(26-20)28-9-4-8-24-28/h3-6,9,11,14,24,29H,7-8,10,13H2,1-2H3,(H2,23,26). The summed E-state index contributed by atoms with van der Waals surface area (Å²) in [5, 5.41) is 21.7. The van der Waals surface area contributed by atoms with Crippen LogP contribution >= 0.6 is 0 Å². The van der Waals surface area contributed by atoms with Gasteiger partial charge in [0.1, 0.15) is 29.0 Å². The zero-order valence-electron chi connectivity index (χ0n) is 16.6. The van der Waals surface area contributed by atoms with Crippen molar-refractivity contribution in [2.45, 2.75) is 25.9 Å². The van der Waals surface area contributed by atoms with Gasteiger partial charge >= 0.3 is 0 Å². The van der Waals surface area contributed by atoms with Gasteiger partial charge in [-0.2, -0.15) is 5.26 Å². The zero-order valence-corrected chi connectivity index (χ0v) is 16.6. The van der Waals surface area contributed by atoms with E-state index in [1.54, 1.807) is 11.1 Å². The summed E-state index contributed by atoms with van der Waals surface area (Å²) < 4.78 is 0. The average molecular weight is 391 g/mol. The summed E-state index contributed by atoms with van der Waals surface area (Å²) in [7, 11) is 0. The van der Waals surface area contributed by atoms with Crippen LogP contribution in [0, 0.1) is 17.2 Å². The van der Waals surface area contributed by atoms with Crippen LogP contribution in [0.3, 0.4) is 0 Å². The molecule has 4 N–H and O–H groups in total. The highest BCUT2D eigenvalue weighted by Crippen LogP contribution is 2.32. The first-order valence-corrected chi connectivity index (χ1v) is 9.71. The molecule has 0 aliphatic carbocycles. The number of nitrogens with zero attached hydrogens (tertiary/aromatic N) is 5. The summed E-state index contributed by atoms with van der Waals surface area (Å²) >= 11 is 0. The van der Waals surface area contributed by atoms with Crippen LogP contribution in [0.25, 0.3) is 11.4 Å². The van der Waals surface area contributed by atoms with Gasteiger partial charge in [-0.15, -0.1) is 0 Å². The fourth-order valence-corrected chi connectivity index (χ4v) is 3.77. The van der Waals surface area contributed by atoms with Gasteiger partial charge in [0.15, 0.2) is 0 Å². The Kier molecular flexibility index (Phi) is 4.86. The van der Waals surface area contributed by atoms with E-state index in [1.165, 1.54) is 0 Å². The maximum atomic E-state index is 10.3. The Morgan fingerprint density at radius 1 is 1.31 bits per heavy atom. The number of nitrogens with two attached hydrogens (primary N) is 1. The quantitative estimate of drug-likeness (QED) is 0.725. The van der Waals surface area contributed by atoms with Crippen LogP contribution in [0.2, 0.25) is 0 Å². The van der Waals surface area contributed by atoms with Crippen LogP contribution in [0.4, 0.5) is 17.3 Å². The molecule has 1 unspecified atom stereocenters. The summed E-state index contributed by atoms with van der Waals surface area (Å²) in [5.74, 6) is 1.61. The van der Waals surface area contributed by atoms with Gasteiger partial charge in [0.25, 0.3) is 0 Å². The van der Waals surface area contributed by atoms with Gasteiger partial charge in [0.05, 0.1) is 17.0 Å². The zero-order chi connectivity index (χ0) is 20.6. The number of hydrogen-bond acceptors (Lipinski definition) is 8. The second kappa shape index (κ2) is 7.35. The molecule has 0 saturated carbocycles. The number of nitriles is 1. The monoisotopic (exact) mass is 391 g/mol. The van der Waals surface area contributed by atoms with Crippen LogP contribution in [-0.2, 0) is 0 Å². The van der Waals surface area contributed by atoms with Crippen molar-refractivity contribution in [2.24, 2.45) is 5.92 Å². The first-order chi connectivity index (χ1) is 13.9. The number of nitrogen functional groups attached to an aromatic ring is 1. The first kappa shape index (κ1) is 19.2. The molecule has 1 fully saturated rings. The summed E-state index contributed by atoms with van der Waals surface area (Å²) in [5.41, 5.74) is 10.3. The number of pyridine rings is 2. The van der Waals surface area contributed by atoms with E-state index in [0.29, 0.717) is 35.0 Å². The molecule has 2 aliphatic rings. The smallest absolute Gasteiger partial charge is 0.149 e. The highest BCUT2D eigenvalue weighted by molar-refractivity contribution is 5.75.